The highest BCUT2D eigenvalue weighted by molar-refractivity contribution is 5.32. The van der Waals surface area contributed by atoms with Crippen LogP contribution in [0.3, 0.4) is 0 Å². The molecule has 0 aliphatic carbocycles. The molecule has 0 fully saturated rings. The summed E-state index contributed by atoms with van der Waals surface area (Å²) in [4.78, 5) is 12.4. The van der Waals surface area contributed by atoms with Crippen molar-refractivity contribution >= 4 is 0 Å². The molecule has 0 bridgehead atoms. The zero-order valence-electron chi connectivity index (χ0n) is 12.3. The number of benzene rings is 1. The van der Waals surface area contributed by atoms with Crippen LogP contribution in [-0.4, -0.2) is 4.57 Å². The van der Waals surface area contributed by atoms with Crippen molar-refractivity contribution in [3.63, 3.8) is 0 Å². The number of aromatic nitrogens is 1. The van der Waals surface area contributed by atoms with Crippen LogP contribution in [0.5, 0.6) is 0 Å². The summed E-state index contributed by atoms with van der Waals surface area (Å²) in [7, 11) is 0. The van der Waals surface area contributed by atoms with Crippen LogP contribution < -0.4 is 11.3 Å². The molecular weight excluding hydrogens is 248 g/mol. The first-order valence-electron chi connectivity index (χ1n) is 7.10. The maximum atomic E-state index is 12.4. The largest absolute Gasteiger partial charge is 0.320 e. The van der Waals surface area contributed by atoms with E-state index in [0.29, 0.717) is 5.56 Å². The molecule has 2 N–H and O–H groups in total. The number of nitrogens with two attached hydrogens (primary N) is 1. The van der Waals surface area contributed by atoms with Gasteiger partial charge in [0.2, 0.25) is 0 Å². The minimum atomic E-state index is -0.375. The van der Waals surface area contributed by atoms with Gasteiger partial charge in [-0.2, -0.15) is 0 Å². The van der Waals surface area contributed by atoms with Crippen molar-refractivity contribution in [1.29, 1.82) is 0 Å². The molecular formula is C17H22N2O. The minimum absolute atomic E-state index is 0.00503. The molecule has 2 rings (SSSR count). The molecule has 20 heavy (non-hydrogen) atoms. The first-order chi connectivity index (χ1) is 9.54. The monoisotopic (exact) mass is 270 g/mol. The Bertz CT molecular complexity index is 626. The summed E-state index contributed by atoms with van der Waals surface area (Å²) in [5.74, 6) is 0. The second-order valence-electron chi connectivity index (χ2n) is 5.34. The first kappa shape index (κ1) is 14.5. The maximum absolute atomic E-state index is 12.4. The highest BCUT2D eigenvalue weighted by atomic mass is 16.1. The zero-order valence-corrected chi connectivity index (χ0v) is 12.3. The molecule has 0 radical (unpaired) electrons. The Morgan fingerprint density at radius 1 is 1.15 bits per heavy atom. The number of hydrogen-bond acceptors (Lipinski definition) is 2. The van der Waals surface area contributed by atoms with Gasteiger partial charge in [-0.05, 0) is 37.5 Å². The Kier molecular flexibility index (Phi) is 4.40. The van der Waals surface area contributed by atoms with Crippen LogP contribution in [0, 0.1) is 0 Å². The second kappa shape index (κ2) is 6.06. The fourth-order valence-electron chi connectivity index (χ4n) is 2.31. The zero-order chi connectivity index (χ0) is 14.7. The van der Waals surface area contributed by atoms with Gasteiger partial charge in [0, 0.05) is 17.8 Å². The van der Waals surface area contributed by atoms with Crippen molar-refractivity contribution in [1.82, 2.24) is 4.57 Å². The Hall–Kier alpha value is -1.87. The molecule has 0 saturated carbocycles. The smallest absolute Gasteiger partial charge is 0.255 e. The molecule has 2 aromatic rings. The van der Waals surface area contributed by atoms with E-state index in [2.05, 4.69) is 19.1 Å². The third kappa shape index (κ3) is 2.83. The van der Waals surface area contributed by atoms with E-state index in [-0.39, 0.29) is 17.6 Å². The lowest BCUT2D eigenvalue weighted by Gasteiger charge is -2.16. The fraction of sp³-hybridized carbons (Fsp3) is 0.353. The molecule has 3 heteroatoms. The summed E-state index contributed by atoms with van der Waals surface area (Å²) in [6, 6.07) is 11.6. The lowest BCUT2D eigenvalue weighted by molar-refractivity contribution is 0.570. The summed E-state index contributed by atoms with van der Waals surface area (Å²) in [5, 5.41) is 0. The van der Waals surface area contributed by atoms with Crippen LogP contribution in [0.2, 0.25) is 0 Å². The number of hydrogen-bond donors (Lipinski definition) is 1. The van der Waals surface area contributed by atoms with Gasteiger partial charge in [0.15, 0.2) is 0 Å². The number of pyridine rings is 1. The van der Waals surface area contributed by atoms with Gasteiger partial charge in [0.25, 0.3) is 5.56 Å². The SMILES string of the molecule is CCc1ccc(C(N)c2cccn(C(C)C)c2=O)cc1. The summed E-state index contributed by atoms with van der Waals surface area (Å²) >= 11 is 0. The normalized spacial score (nSPS) is 12.7. The molecule has 0 spiro atoms. The molecule has 0 aliphatic heterocycles. The molecule has 1 aromatic carbocycles. The molecule has 0 amide bonds. The topological polar surface area (TPSA) is 48.0 Å². The van der Waals surface area contributed by atoms with E-state index in [4.69, 9.17) is 5.73 Å². The van der Waals surface area contributed by atoms with Crippen LogP contribution >= 0.6 is 0 Å². The van der Waals surface area contributed by atoms with Crippen molar-refractivity contribution in [2.24, 2.45) is 5.73 Å². The standard InChI is InChI=1S/C17H22N2O/c1-4-13-7-9-14(10-8-13)16(18)15-6-5-11-19(12(2)3)17(15)20/h5-12,16H,4,18H2,1-3H3. The van der Waals surface area contributed by atoms with Gasteiger partial charge in [0.05, 0.1) is 6.04 Å². The summed E-state index contributed by atoms with van der Waals surface area (Å²) in [5.41, 5.74) is 9.15. The Morgan fingerprint density at radius 3 is 2.35 bits per heavy atom. The van der Waals surface area contributed by atoms with Gasteiger partial charge in [-0.3, -0.25) is 4.79 Å². The number of nitrogens with zero attached hydrogens (tertiary/aromatic N) is 1. The summed E-state index contributed by atoms with van der Waals surface area (Å²) in [6.45, 7) is 6.10. The maximum Gasteiger partial charge on any atom is 0.255 e. The van der Waals surface area contributed by atoms with Crippen LogP contribution in [0.25, 0.3) is 0 Å². The fourth-order valence-corrected chi connectivity index (χ4v) is 2.31. The van der Waals surface area contributed by atoms with Gasteiger partial charge < -0.3 is 10.3 Å². The molecule has 3 nitrogen and oxygen atoms in total. The quantitative estimate of drug-likeness (QED) is 0.928. The average Bonchev–Trinajstić information content (AvgIpc) is 2.46. The Labute approximate surface area is 120 Å². The van der Waals surface area contributed by atoms with E-state index in [1.807, 2.05) is 44.3 Å². The van der Waals surface area contributed by atoms with E-state index in [9.17, 15) is 4.79 Å². The van der Waals surface area contributed by atoms with Crippen LogP contribution in [0.1, 0.15) is 49.5 Å². The lowest BCUT2D eigenvalue weighted by atomic mass is 9.99. The highest BCUT2D eigenvalue weighted by Crippen LogP contribution is 2.18. The van der Waals surface area contributed by atoms with Crippen LogP contribution in [0.4, 0.5) is 0 Å². The lowest BCUT2D eigenvalue weighted by Crippen LogP contribution is -2.29. The van der Waals surface area contributed by atoms with Crippen molar-refractivity contribution in [3.05, 3.63) is 69.6 Å². The van der Waals surface area contributed by atoms with Crippen molar-refractivity contribution < 1.29 is 0 Å². The van der Waals surface area contributed by atoms with E-state index in [1.54, 1.807) is 4.57 Å². The average molecular weight is 270 g/mol. The minimum Gasteiger partial charge on any atom is -0.320 e. The Balaban J connectivity index is 2.40. The molecule has 1 atom stereocenters. The molecule has 1 aromatic heterocycles. The summed E-state index contributed by atoms with van der Waals surface area (Å²) in [6.07, 6.45) is 2.81. The molecule has 0 aliphatic rings. The number of aryl methyl sites for hydroxylation is 1. The van der Waals surface area contributed by atoms with Crippen LogP contribution in [0.15, 0.2) is 47.4 Å². The van der Waals surface area contributed by atoms with Gasteiger partial charge in [-0.25, -0.2) is 0 Å². The summed E-state index contributed by atoms with van der Waals surface area (Å²) < 4.78 is 1.72. The van der Waals surface area contributed by atoms with Crippen molar-refractivity contribution in [2.45, 2.75) is 39.3 Å². The third-order valence-corrected chi connectivity index (χ3v) is 3.64. The van der Waals surface area contributed by atoms with E-state index in [0.717, 1.165) is 12.0 Å². The van der Waals surface area contributed by atoms with Gasteiger partial charge >= 0.3 is 0 Å². The van der Waals surface area contributed by atoms with Gasteiger partial charge in [0.1, 0.15) is 0 Å². The highest BCUT2D eigenvalue weighted by Gasteiger charge is 2.14. The first-order valence-corrected chi connectivity index (χ1v) is 7.10. The molecule has 1 heterocycles. The van der Waals surface area contributed by atoms with E-state index >= 15 is 0 Å². The Morgan fingerprint density at radius 2 is 1.80 bits per heavy atom. The van der Waals surface area contributed by atoms with Crippen LogP contribution in [-0.2, 0) is 6.42 Å². The van der Waals surface area contributed by atoms with Gasteiger partial charge in [-0.15, -0.1) is 0 Å². The van der Waals surface area contributed by atoms with Gasteiger partial charge in [-0.1, -0.05) is 37.3 Å². The second-order valence-corrected chi connectivity index (χ2v) is 5.34. The predicted molar refractivity (Wildman–Crippen MR) is 82.9 cm³/mol. The predicted octanol–water partition coefficient (Wildman–Crippen LogP) is 3.04. The third-order valence-electron chi connectivity index (χ3n) is 3.64. The number of rotatable bonds is 4. The molecule has 0 saturated heterocycles. The molecule has 106 valence electrons. The van der Waals surface area contributed by atoms with E-state index in [1.165, 1.54) is 5.56 Å². The van der Waals surface area contributed by atoms with Crippen molar-refractivity contribution in [3.8, 4) is 0 Å². The van der Waals surface area contributed by atoms with E-state index < -0.39 is 0 Å². The molecule has 1 unspecified atom stereocenters. The van der Waals surface area contributed by atoms with Crippen molar-refractivity contribution in [2.75, 3.05) is 0 Å².